The molecule has 1 aliphatic heterocycles. The van der Waals surface area contributed by atoms with Crippen LogP contribution >= 0.6 is 11.3 Å². The van der Waals surface area contributed by atoms with Crippen LogP contribution in [0.5, 0.6) is 0 Å². The molecule has 3 heterocycles. The fourth-order valence-electron chi connectivity index (χ4n) is 4.41. The molecular weight excluding hydrogens is 426 g/mol. The maximum Gasteiger partial charge on any atom is 0.159 e. The monoisotopic (exact) mass is 450 g/mol. The van der Waals surface area contributed by atoms with Gasteiger partial charge in [-0.3, -0.25) is 0 Å². The van der Waals surface area contributed by atoms with E-state index in [0.717, 1.165) is 70.2 Å². The van der Waals surface area contributed by atoms with Crippen molar-refractivity contribution in [1.29, 1.82) is 0 Å². The molecule has 0 saturated carbocycles. The van der Waals surface area contributed by atoms with E-state index in [1.165, 1.54) is 12.1 Å². The number of nitrogens with zero attached hydrogens (tertiary/aromatic N) is 4. The average molecular weight is 451 g/mol. The average Bonchev–Trinajstić information content (AvgIpc) is 3.17. The SMILES string of the molecule is Cc1cc(-c2ccc(F)c(F)c2)c2nc(CC3CCN(c4cc(C)ncn4)CC3)sc2c1. The molecule has 1 aliphatic rings. The Labute approximate surface area is 190 Å². The smallest absolute Gasteiger partial charge is 0.159 e. The summed E-state index contributed by atoms with van der Waals surface area (Å²) in [6.07, 6.45) is 4.75. The molecular formula is C25H24F2N4S. The van der Waals surface area contributed by atoms with Crippen LogP contribution in [0.4, 0.5) is 14.6 Å². The van der Waals surface area contributed by atoms with Crippen LogP contribution in [0.3, 0.4) is 0 Å². The maximum atomic E-state index is 13.9. The number of hydrogen-bond donors (Lipinski definition) is 0. The summed E-state index contributed by atoms with van der Waals surface area (Å²) in [5, 5.41) is 1.10. The number of aromatic nitrogens is 3. The molecule has 0 unspecified atom stereocenters. The van der Waals surface area contributed by atoms with Crippen LogP contribution in [0.25, 0.3) is 21.3 Å². The van der Waals surface area contributed by atoms with Gasteiger partial charge in [-0.15, -0.1) is 11.3 Å². The van der Waals surface area contributed by atoms with Gasteiger partial charge in [-0.05, 0) is 68.0 Å². The quantitative estimate of drug-likeness (QED) is 0.376. The van der Waals surface area contributed by atoms with E-state index >= 15 is 0 Å². The molecule has 32 heavy (non-hydrogen) atoms. The number of hydrogen-bond acceptors (Lipinski definition) is 5. The Balaban J connectivity index is 1.35. The number of fused-ring (bicyclic) bond motifs is 1. The zero-order valence-corrected chi connectivity index (χ0v) is 18.9. The van der Waals surface area contributed by atoms with Crippen molar-refractivity contribution in [1.82, 2.24) is 15.0 Å². The van der Waals surface area contributed by atoms with E-state index in [4.69, 9.17) is 4.98 Å². The highest BCUT2D eigenvalue weighted by Crippen LogP contribution is 2.35. The van der Waals surface area contributed by atoms with Crippen LogP contribution in [0.15, 0.2) is 42.7 Å². The van der Waals surface area contributed by atoms with Gasteiger partial charge in [0, 0.05) is 36.8 Å². The van der Waals surface area contributed by atoms with Gasteiger partial charge in [0.25, 0.3) is 0 Å². The predicted molar refractivity (Wildman–Crippen MR) is 125 cm³/mol. The first-order chi connectivity index (χ1) is 15.5. The number of halogens is 2. The van der Waals surface area contributed by atoms with Gasteiger partial charge in [-0.1, -0.05) is 6.07 Å². The molecule has 2 aromatic heterocycles. The van der Waals surface area contributed by atoms with Crippen LogP contribution in [-0.2, 0) is 6.42 Å². The molecule has 0 aliphatic carbocycles. The second-order valence-electron chi connectivity index (χ2n) is 8.55. The molecule has 0 amide bonds. The Bertz CT molecular complexity index is 1280. The molecule has 0 atom stereocenters. The van der Waals surface area contributed by atoms with E-state index in [1.807, 2.05) is 26.0 Å². The molecule has 0 radical (unpaired) electrons. The van der Waals surface area contributed by atoms with Crippen molar-refractivity contribution in [3.63, 3.8) is 0 Å². The standard InChI is InChI=1S/C25H24F2N4S/c1-15-9-19(18-3-4-20(26)21(27)13-18)25-22(10-15)32-24(30-25)12-17-5-7-31(8-6-17)23-11-16(2)28-14-29-23/h3-4,9-11,13-14,17H,5-8,12H2,1-2H3. The summed E-state index contributed by atoms with van der Waals surface area (Å²) < 4.78 is 28.4. The van der Waals surface area contributed by atoms with Gasteiger partial charge in [0.05, 0.1) is 15.2 Å². The number of aryl methyl sites for hydroxylation is 2. The van der Waals surface area contributed by atoms with Crippen molar-refractivity contribution in [3.8, 4) is 11.1 Å². The highest BCUT2D eigenvalue weighted by atomic mass is 32.1. The van der Waals surface area contributed by atoms with E-state index in [2.05, 4.69) is 20.9 Å². The Morgan fingerprint density at radius 1 is 1.00 bits per heavy atom. The van der Waals surface area contributed by atoms with Crippen LogP contribution in [0.1, 0.15) is 29.1 Å². The Morgan fingerprint density at radius 3 is 2.56 bits per heavy atom. The third kappa shape index (κ3) is 4.21. The minimum atomic E-state index is -0.835. The second-order valence-corrected chi connectivity index (χ2v) is 9.66. The van der Waals surface area contributed by atoms with Crippen molar-refractivity contribution < 1.29 is 8.78 Å². The van der Waals surface area contributed by atoms with Crippen LogP contribution in [0, 0.1) is 31.4 Å². The van der Waals surface area contributed by atoms with Gasteiger partial charge < -0.3 is 4.90 Å². The minimum absolute atomic E-state index is 0.572. The highest BCUT2D eigenvalue weighted by molar-refractivity contribution is 7.18. The molecule has 7 heteroatoms. The van der Waals surface area contributed by atoms with E-state index in [9.17, 15) is 8.78 Å². The first-order valence-electron chi connectivity index (χ1n) is 10.9. The minimum Gasteiger partial charge on any atom is -0.356 e. The van der Waals surface area contributed by atoms with Gasteiger partial charge in [-0.2, -0.15) is 0 Å². The van der Waals surface area contributed by atoms with Crippen molar-refractivity contribution in [3.05, 3.63) is 70.6 Å². The molecule has 4 aromatic rings. The van der Waals surface area contributed by atoms with E-state index in [0.29, 0.717) is 11.5 Å². The summed E-state index contributed by atoms with van der Waals surface area (Å²) in [7, 11) is 0. The number of rotatable bonds is 4. The third-order valence-corrected chi connectivity index (χ3v) is 7.13. The molecule has 4 nitrogen and oxygen atoms in total. The molecule has 1 fully saturated rings. The normalized spacial score (nSPS) is 14.9. The van der Waals surface area contributed by atoms with Gasteiger partial charge in [-0.25, -0.2) is 23.7 Å². The van der Waals surface area contributed by atoms with E-state index < -0.39 is 11.6 Å². The fourth-order valence-corrected chi connectivity index (χ4v) is 5.62. The highest BCUT2D eigenvalue weighted by Gasteiger charge is 2.22. The lowest BCUT2D eigenvalue weighted by molar-refractivity contribution is 0.402. The van der Waals surface area contributed by atoms with E-state index in [1.54, 1.807) is 23.7 Å². The topological polar surface area (TPSA) is 41.9 Å². The zero-order valence-electron chi connectivity index (χ0n) is 18.1. The van der Waals surface area contributed by atoms with Gasteiger partial charge in [0.15, 0.2) is 11.6 Å². The summed E-state index contributed by atoms with van der Waals surface area (Å²) >= 11 is 1.71. The largest absolute Gasteiger partial charge is 0.356 e. The van der Waals surface area contributed by atoms with Gasteiger partial charge in [0.2, 0.25) is 0 Å². The van der Waals surface area contributed by atoms with Crippen LogP contribution < -0.4 is 4.90 Å². The summed E-state index contributed by atoms with van der Waals surface area (Å²) in [6, 6.07) is 10.2. The zero-order chi connectivity index (χ0) is 22.2. The lowest BCUT2D eigenvalue weighted by Gasteiger charge is -2.32. The third-order valence-electron chi connectivity index (χ3n) is 6.11. The summed E-state index contributed by atoms with van der Waals surface area (Å²) in [5.74, 6) is -0.0940. The molecule has 164 valence electrons. The van der Waals surface area contributed by atoms with Gasteiger partial charge in [0.1, 0.15) is 12.1 Å². The Hall–Kier alpha value is -2.93. The summed E-state index contributed by atoms with van der Waals surface area (Å²) in [6.45, 7) is 5.96. The lowest BCUT2D eigenvalue weighted by atomic mass is 9.94. The fraction of sp³-hybridized carbons (Fsp3) is 0.320. The number of anilines is 1. The Morgan fingerprint density at radius 2 is 1.81 bits per heavy atom. The number of piperidine rings is 1. The first-order valence-corrected chi connectivity index (χ1v) is 11.7. The van der Waals surface area contributed by atoms with Crippen LogP contribution in [0.2, 0.25) is 0 Å². The van der Waals surface area contributed by atoms with Gasteiger partial charge >= 0.3 is 0 Å². The van der Waals surface area contributed by atoms with Crippen LogP contribution in [-0.4, -0.2) is 28.0 Å². The second kappa shape index (κ2) is 8.54. The van der Waals surface area contributed by atoms with E-state index in [-0.39, 0.29) is 0 Å². The summed E-state index contributed by atoms with van der Waals surface area (Å²) in [4.78, 5) is 15.9. The maximum absolute atomic E-state index is 13.9. The molecule has 2 aromatic carbocycles. The Kier molecular flexibility index (Phi) is 5.59. The van der Waals surface area contributed by atoms with Crippen molar-refractivity contribution in [2.45, 2.75) is 33.1 Å². The number of benzene rings is 2. The molecule has 5 rings (SSSR count). The van der Waals surface area contributed by atoms with Crippen molar-refractivity contribution in [2.75, 3.05) is 18.0 Å². The first kappa shape index (κ1) is 20.9. The molecule has 0 spiro atoms. The lowest BCUT2D eigenvalue weighted by Crippen LogP contribution is -2.34. The molecule has 0 bridgehead atoms. The molecule has 0 N–H and O–H groups in total. The summed E-state index contributed by atoms with van der Waals surface area (Å²) in [5.41, 5.74) is 4.45. The molecule has 1 saturated heterocycles. The predicted octanol–water partition coefficient (Wildman–Crippen LogP) is 6.11. The van der Waals surface area contributed by atoms with Crippen molar-refractivity contribution >= 4 is 27.4 Å². The number of thiazole rings is 1. The van der Waals surface area contributed by atoms with Crippen molar-refractivity contribution in [2.24, 2.45) is 5.92 Å².